The van der Waals surface area contributed by atoms with Crippen LogP contribution in [0.1, 0.15) is 76.0 Å². The van der Waals surface area contributed by atoms with E-state index in [2.05, 4.69) is 0 Å². The van der Waals surface area contributed by atoms with E-state index in [4.69, 9.17) is 37.9 Å². The highest BCUT2D eigenvalue weighted by Gasteiger charge is 2.54. The minimum atomic E-state index is -1.73. The molecule has 4 aromatic carbocycles. The van der Waals surface area contributed by atoms with Crippen LogP contribution in [0.2, 0.25) is 0 Å². The number of rotatable bonds is 23. The average molecular weight is 898 g/mol. The molecule has 1 aliphatic rings. The number of ketones is 3. The summed E-state index contributed by atoms with van der Waals surface area (Å²) in [6.45, 7) is 3.40. The molecule has 0 amide bonds. The molecular formula is C48H51NO16. The van der Waals surface area contributed by atoms with Gasteiger partial charge < -0.3 is 52.3 Å². The zero-order valence-corrected chi connectivity index (χ0v) is 36.6. The Morgan fingerprint density at radius 3 is 1.40 bits per heavy atom. The number of benzene rings is 4. The molecule has 0 aromatic heterocycles. The molecule has 0 unspecified atom stereocenters. The molecule has 65 heavy (non-hydrogen) atoms. The predicted octanol–water partition coefficient (Wildman–Crippen LogP) is 6.57. The zero-order valence-electron chi connectivity index (χ0n) is 36.6. The van der Waals surface area contributed by atoms with Gasteiger partial charge in [0.05, 0.1) is 45.0 Å². The van der Waals surface area contributed by atoms with E-state index in [1.165, 1.54) is 59.3 Å². The van der Waals surface area contributed by atoms with E-state index >= 15 is 0 Å². The van der Waals surface area contributed by atoms with Crippen LogP contribution in [0, 0.1) is 10.1 Å². The third-order valence-corrected chi connectivity index (χ3v) is 10.4. The first-order valence-electron chi connectivity index (χ1n) is 20.7. The number of non-ortho nitro benzene ring substituents is 1. The van der Waals surface area contributed by atoms with E-state index in [0.29, 0.717) is 28.2 Å². The summed E-state index contributed by atoms with van der Waals surface area (Å²) < 4.78 is 48.8. The van der Waals surface area contributed by atoms with Gasteiger partial charge in [0.15, 0.2) is 12.2 Å². The van der Waals surface area contributed by atoms with Crippen LogP contribution in [0.5, 0.6) is 17.2 Å². The minimum absolute atomic E-state index is 0.00119. The van der Waals surface area contributed by atoms with Crippen LogP contribution in [0.3, 0.4) is 0 Å². The third kappa shape index (κ3) is 13.3. The van der Waals surface area contributed by atoms with Crippen LogP contribution >= 0.6 is 0 Å². The third-order valence-electron chi connectivity index (χ3n) is 10.4. The normalized spacial score (nSPS) is 18.1. The van der Waals surface area contributed by atoms with Crippen LogP contribution in [-0.4, -0.2) is 91.7 Å². The predicted molar refractivity (Wildman–Crippen MR) is 230 cm³/mol. The van der Waals surface area contributed by atoms with E-state index < -0.39 is 78.6 Å². The second kappa shape index (κ2) is 23.1. The van der Waals surface area contributed by atoms with Crippen LogP contribution in [0.15, 0.2) is 103 Å². The molecule has 344 valence electrons. The maximum Gasteiger partial charge on any atom is 0.306 e. The van der Waals surface area contributed by atoms with E-state index in [9.17, 15) is 38.9 Å². The van der Waals surface area contributed by atoms with Crippen molar-refractivity contribution in [2.45, 2.75) is 95.6 Å². The molecule has 1 saturated heterocycles. The van der Waals surface area contributed by atoms with Gasteiger partial charge >= 0.3 is 17.9 Å². The number of hydrogen-bond donors (Lipinski definition) is 0. The Labute approximate surface area is 375 Å². The Morgan fingerprint density at radius 1 is 0.554 bits per heavy atom. The first-order chi connectivity index (χ1) is 31.1. The average Bonchev–Trinajstić information content (AvgIpc) is 3.30. The van der Waals surface area contributed by atoms with Gasteiger partial charge in [-0.05, 0) is 73.9 Å². The Kier molecular flexibility index (Phi) is 17.4. The molecule has 4 aromatic rings. The van der Waals surface area contributed by atoms with E-state index in [1.807, 2.05) is 54.6 Å². The van der Waals surface area contributed by atoms with Crippen LogP contribution in [0.25, 0.3) is 0 Å². The van der Waals surface area contributed by atoms with Crippen molar-refractivity contribution in [1.82, 2.24) is 0 Å². The Morgan fingerprint density at radius 2 is 0.969 bits per heavy atom. The molecule has 5 rings (SSSR count). The number of carbonyl (C=O) groups is 6. The van der Waals surface area contributed by atoms with Crippen molar-refractivity contribution in [1.29, 1.82) is 0 Å². The summed E-state index contributed by atoms with van der Waals surface area (Å²) in [5.41, 5.74) is 0.145. The molecule has 0 N–H and O–H groups in total. The SMILES string of the molecule is COc1ccc(C(OC[C@H]2O[C@H](Oc3ccc([N+](=O)[O-])cc3)[C@@H](OC(=O)CCC(C)=O)[C@@H](OC(=O)CCC(C)=O)[C@@H]2OC(=O)CCC(C)=O)(c2ccccc2)c2ccc(OC)cc2)cc1. The number of nitro benzene ring substituents is 1. The van der Waals surface area contributed by atoms with Crippen molar-refractivity contribution in [3.63, 3.8) is 0 Å². The summed E-state index contributed by atoms with van der Waals surface area (Å²) in [5, 5.41) is 11.5. The molecule has 17 heteroatoms. The second-order valence-electron chi connectivity index (χ2n) is 15.2. The lowest BCUT2D eigenvalue weighted by Gasteiger charge is -2.45. The lowest BCUT2D eigenvalue weighted by Crippen LogP contribution is -2.64. The first-order valence-corrected chi connectivity index (χ1v) is 20.7. The molecule has 0 aliphatic carbocycles. The molecule has 0 radical (unpaired) electrons. The highest BCUT2D eigenvalue weighted by atomic mass is 16.7. The number of esters is 3. The standard InChI is InChI=1S/C48H51NO16/c1-30(50)11-26-41(53)63-44-40(29-60-48(33-9-7-6-8-10-33,34-14-20-37(58-4)21-15-34)35-16-22-38(59-5)23-17-35)62-47(61-39-24-18-36(19-25-39)49(56)57)46(65-43(55)28-13-32(3)52)45(44)64-42(54)27-12-31(2)51/h6-10,14-25,40,44-47H,11-13,26-29H2,1-5H3/t40-,44-,45+,46+,47+/m1/s1. The second-order valence-corrected chi connectivity index (χ2v) is 15.2. The van der Waals surface area contributed by atoms with E-state index in [0.717, 1.165) is 0 Å². The van der Waals surface area contributed by atoms with Crippen LogP contribution in [-0.2, 0) is 58.1 Å². The summed E-state index contributed by atoms with van der Waals surface area (Å²) >= 11 is 0. The summed E-state index contributed by atoms with van der Waals surface area (Å²) in [7, 11) is 3.06. The fraction of sp³-hybridized carbons (Fsp3) is 0.375. The molecule has 17 nitrogen and oxygen atoms in total. The van der Waals surface area contributed by atoms with Crippen molar-refractivity contribution in [3.05, 3.63) is 130 Å². The topological polar surface area (TPSA) is 219 Å². The molecule has 1 fully saturated rings. The first kappa shape index (κ1) is 49.0. The van der Waals surface area contributed by atoms with Gasteiger partial charge in [0.25, 0.3) is 5.69 Å². The van der Waals surface area contributed by atoms with Crippen LogP contribution in [0.4, 0.5) is 5.69 Å². The highest BCUT2D eigenvalue weighted by molar-refractivity contribution is 5.82. The zero-order chi connectivity index (χ0) is 47.1. The number of methoxy groups -OCH3 is 2. The highest BCUT2D eigenvalue weighted by Crippen LogP contribution is 2.43. The van der Waals surface area contributed by atoms with Gasteiger partial charge in [-0.2, -0.15) is 0 Å². The fourth-order valence-corrected chi connectivity index (χ4v) is 7.04. The number of ether oxygens (including phenoxy) is 8. The van der Waals surface area contributed by atoms with Crippen molar-refractivity contribution in [2.24, 2.45) is 0 Å². The summed E-state index contributed by atoms with van der Waals surface area (Å²) in [5.74, 6) is -2.62. The fourth-order valence-electron chi connectivity index (χ4n) is 7.04. The van der Waals surface area contributed by atoms with Crippen molar-refractivity contribution < 1.29 is 71.6 Å². The summed E-state index contributed by atoms with van der Waals surface area (Å²) in [6, 6.07) is 28.4. The molecule has 0 bridgehead atoms. The van der Waals surface area contributed by atoms with Gasteiger partial charge in [-0.25, -0.2) is 0 Å². The molecule has 1 aliphatic heterocycles. The molecule has 0 saturated carbocycles. The van der Waals surface area contributed by atoms with Crippen molar-refractivity contribution >= 4 is 40.9 Å². The van der Waals surface area contributed by atoms with Gasteiger partial charge in [0, 0.05) is 31.4 Å². The smallest absolute Gasteiger partial charge is 0.306 e. The van der Waals surface area contributed by atoms with Crippen LogP contribution < -0.4 is 14.2 Å². The number of Topliss-reactive ketones (excluding diaryl/α,β-unsaturated/α-hetero) is 3. The van der Waals surface area contributed by atoms with E-state index in [-0.39, 0.29) is 54.5 Å². The Hall–Kier alpha value is -6.98. The lowest BCUT2D eigenvalue weighted by molar-refractivity contribution is -0.384. The molecule has 1 heterocycles. The number of nitro groups is 1. The quantitative estimate of drug-likeness (QED) is 0.0253. The van der Waals surface area contributed by atoms with Gasteiger partial charge in [0.1, 0.15) is 46.3 Å². The molecule has 5 atom stereocenters. The van der Waals surface area contributed by atoms with Crippen molar-refractivity contribution in [3.8, 4) is 17.2 Å². The van der Waals surface area contributed by atoms with E-state index in [1.54, 1.807) is 24.3 Å². The van der Waals surface area contributed by atoms with Gasteiger partial charge in [0.2, 0.25) is 12.4 Å². The van der Waals surface area contributed by atoms with Gasteiger partial charge in [-0.15, -0.1) is 0 Å². The maximum absolute atomic E-state index is 13.6. The summed E-state index contributed by atoms with van der Waals surface area (Å²) in [6.07, 6.45) is -10.0. The molecular weight excluding hydrogens is 847 g/mol. The van der Waals surface area contributed by atoms with Gasteiger partial charge in [-0.1, -0.05) is 54.6 Å². The Balaban J connectivity index is 1.70. The van der Waals surface area contributed by atoms with Gasteiger partial charge in [-0.3, -0.25) is 24.5 Å². The number of nitrogens with zero attached hydrogens (tertiary/aromatic N) is 1. The Bertz CT molecular complexity index is 2230. The number of carbonyl (C=O) groups excluding carboxylic acids is 6. The summed E-state index contributed by atoms with van der Waals surface area (Å²) in [4.78, 5) is 87.5. The molecule has 0 spiro atoms. The largest absolute Gasteiger partial charge is 0.497 e. The van der Waals surface area contributed by atoms with Crippen molar-refractivity contribution in [2.75, 3.05) is 20.8 Å². The number of hydrogen-bond acceptors (Lipinski definition) is 16. The minimum Gasteiger partial charge on any atom is -0.497 e. The maximum atomic E-state index is 13.6. The monoisotopic (exact) mass is 897 g/mol. The lowest BCUT2D eigenvalue weighted by atomic mass is 9.80.